The zero-order chi connectivity index (χ0) is 18.6. The van der Waals surface area contributed by atoms with Crippen molar-refractivity contribution < 1.29 is 4.79 Å². The molecule has 0 atom stereocenters. The van der Waals surface area contributed by atoms with Crippen molar-refractivity contribution in [2.24, 2.45) is 0 Å². The van der Waals surface area contributed by atoms with E-state index < -0.39 is 0 Å². The third kappa shape index (κ3) is 4.07. The van der Waals surface area contributed by atoms with E-state index in [4.69, 9.17) is 0 Å². The summed E-state index contributed by atoms with van der Waals surface area (Å²) in [5.74, 6) is 0.677. The molecule has 0 aliphatic rings. The van der Waals surface area contributed by atoms with E-state index in [0.717, 1.165) is 22.0 Å². The van der Waals surface area contributed by atoms with Gasteiger partial charge in [-0.05, 0) is 48.2 Å². The molecule has 6 heteroatoms. The Morgan fingerprint density at radius 1 is 1.19 bits per heavy atom. The maximum absolute atomic E-state index is 12.7. The molecule has 136 valence electrons. The Kier molecular flexibility index (Phi) is 5.27. The van der Waals surface area contributed by atoms with Gasteiger partial charge in [0.15, 0.2) is 0 Å². The lowest BCUT2D eigenvalue weighted by atomic mass is 10.2. The first-order chi connectivity index (χ1) is 13.2. The van der Waals surface area contributed by atoms with Gasteiger partial charge < -0.3 is 9.72 Å². The summed E-state index contributed by atoms with van der Waals surface area (Å²) >= 11 is 3.31. The standard InChI is InChI=1S/C21H19N3OS2/c1-15-9-11-26-19(15)12-22-21(25)17-6-2-3-7-18(17)27-14-16-13-24-10-5-4-8-20(24)23-16/h2-11,13H,12,14H2,1H3,(H,22,25). The van der Waals surface area contributed by atoms with Crippen molar-refractivity contribution in [1.82, 2.24) is 14.7 Å². The molecule has 0 spiro atoms. The fourth-order valence-corrected chi connectivity index (χ4v) is 4.61. The summed E-state index contributed by atoms with van der Waals surface area (Å²) < 4.78 is 2.01. The van der Waals surface area contributed by atoms with Crippen molar-refractivity contribution in [3.63, 3.8) is 0 Å². The molecule has 0 aliphatic carbocycles. The normalized spacial score (nSPS) is 11.0. The molecule has 0 aliphatic heterocycles. The molecule has 1 amide bonds. The first-order valence-electron chi connectivity index (χ1n) is 8.66. The molecule has 4 aromatic rings. The highest BCUT2D eigenvalue weighted by Crippen LogP contribution is 2.26. The number of nitrogens with zero attached hydrogens (tertiary/aromatic N) is 2. The van der Waals surface area contributed by atoms with Gasteiger partial charge in [0.25, 0.3) is 5.91 Å². The molecule has 0 radical (unpaired) electrons. The number of carbonyl (C=O) groups excluding carboxylic acids is 1. The zero-order valence-electron chi connectivity index (χ0n) is 14.9. The van der Waals surface area contributed by atoms with Crippen LogP contribution in [0.2, 0.25) is 0 Å². The summed E-state index contributed by atoms with van der Waals surface area (Å²) in [6.07, 6.45) is 4.02. The van der Waals surface area contributed by atoms with Crippen molar-refractivity contribution in [3.8, 4) is 0 Å². The van der Waals surface area contributed by atoms with Crippen molar-refractivity contribution in [2.45, 2.75) is 24.1 Å². The minimum Gasteiger partial charge on any atom is -0.347 e. The molecule has 4 rings (SSSR count). The molecule has 3 aromatic heterocycles. The Balaban J connectivity index is 1.45. The van der Waals surface area contributed by atoms with Crippen LogP contribution in [-0.2, 0) is 12.3 Å². The number of amides is 1. The number of thiophene rings is 1. The van der Waals surface area contributed by atoms with Crippen LogP contribution in [-0.4, -0.2) is 15.3 Å². The molecule has 1 aromatic carbocycles. The van der Waals surface area contributed by atoms with Crippen molar-refractivity contribution in [2.75, 3.05) is 0 Å². The minimum atomic E-state index is -0.0408. The van der Waals surface area contributed by atoms with E-state index in [-0.39, 0.29) is 5.91 Å². The van der Waals surface area contributed by atoms with Gasteiger partial charge in [-0.15, -0.1) is 23.1 Å². The molecular formula is C21H19N3OS2. The number of rotatable bonds is 6. The number of imidazole rings is 1. The van der Waals surface area contributed by atoms with Crippen molar-refractivity contribution in [1.29, 1.82) is 0 Å². The van der Waals surface area contributed by atoms with E-state index in [2.05, 4.69) is 28.7 Å². The number of hydrogen-bond acceptors (Lipinski definition) is 4. The quantitative estimate of drug-likeness (QED) is 0.473. The summed E-state index contributed by atoms with van der Waals surface area (Å²) in [6, 6.07) is 15.8. The van der Waals surface area contributed by atoms with Gasteiger partial charge in [0.05, 0.1) is 17.8 Å². The van der Waals surface area contributed by atoms with E-state index in [1.807, 2.05) is 59.3 Å². The SMILES string of the molecule is Cc1ccsc1CNC(=O)c1ccccc1SCc1cn2ccccc2n1. The Bertz CT molecular complexity index is 1050. The number of carbonyl (C=O) groups is 1. The lowest BCUT2D eigenvalue weighted by molar-refractivity contribution is 0.0948. The van der Waals surface area contributed by atoms with Crippen LogP contribution in [0.15, 0.2) is 71.2 Å². The van der Waals surface area contributed by atoms with E-state index in [9.17, 15) is 4.79 Å². The molecule has 0 fully saturated rings. The first-order valence-corrected chi connectivity index (χ1v) is 10.5. The number of pyridine rings is 1. The summed E-state index contributed by atoms with van der Waals surface area (Å²) in [4.78, 5) is 19.5. The zero-order valence-corrected chi connectivity index (χ0v) is 16.5. The monoisotopic (exact) mass is 393 g/mol. The van der Waals surface area contributed by atoms with E-state index in [0.29, 0.717) is 12.1 Å². The topological polar surface area (TPSA) is 46.4 Å². The van der Waals surface area contributed by atoms with E-state index >= 15 is 0 Å². The van der Waals surface area contributed by atoms with Crippen LogP contribution in [0.1, 0.15) is 26.5 Å². The molecule has 1 N–H and O–H groups in total. The molecule has 3 heterocycles. The van der Waals surface area contributed by atoms with Crippen molar-refractivity contribution in [3.05, 3.63) is 88.0 Å². The average Bonchev–Trinajstić information content (AvgIpc) is 3.30. The Morgan fingerprint density at radius 3 is 2.85 bits per heavy atom. The number of thioether (sulfide) groups is 1. The Hall–Kier alpha value is -2.57. The number of aryl methyl sites for hydroxylation is 1. The number of hydrogen-bond donors (Lipinski definition) is 1. The number of aromatic nitrogens is 2. The van der Waals surface area contributed by atoms with Gasteiger partial charge in [0.1, 0.15) is 5.65 Å². The summed E-state index contributed by atoms with van der Waals surface area (Å²) in [5.41, 5.74) is 3.86. The van der Waals surface area contributed by atoms with Gasteiger partial charge in [-0.2, -0.15) is 0 Å². The Morgan fingerprint density at radius 2 is 2.04 bits per heavy atom. The Labute approximate surface area is 166 Å². The van der Waals surface area contributed by atoms with E-state index in [1.54, 1.807) is 23.1 Å². The largest absolute Gasteiger partial charge is 0.347 e. The number of nitrogens with one attached hydrogen (secondary N) is 1. The van der Waals surface area contributed by atoms with Crippen LogP contribution < -0.4 is 5.32 Å². The van der Waals surface area contributed by atoms with Crippen LogP contribution >= 0.6 is 23.1 Å². The molecule has 0 saturated carbocycles. The number of fused-ring (bicyclic) bond motifs is 1. The highest BCUT2D eigenvalue weighted by Gasteiger charge is 2.13. The fraction of sp³-hybridized carbons (Fsp3) is 0.143. The van der Waals surface area contributed by atoms with Gasteiger partial charge in [-0.25, -0.2) is 4.98 Å². The lowest BCUT2D eigenvalue weighted by Gasteiger charge is -2.09. The predicted octanol–water partition coefficient (Wildman–Crippen LogP) is 4.93. The average molecular weight is 394 g/mol. The second-order valence-corrected chi connectivity index (χ2v) is 8.21. The smallest absolute Gasteiger partial charge is 0.252 e. The van der Waals surface area contributed by atoms with Crippen LogP contribution in [0.25, 0.3) is 5.65 Å². The second kappa shape index (κ2) is 7.98. The third-order valence-corrected chi connectivity index (χ3v) is 6.43. The molecule has 0 bridgehead atoms. The van der Waals surface area contributed by atoms with Gasteiger partial charge in [0, 0.05) is 27.9 Å². The van der Waals surface area contributed by atoms with Crippen LogP contribution in [0.5, 0.6) is 0 Å². The van der Waals surface area contributed by atoms with Gasteiger partial charge in [-0.1, -0.05) is 18.2 Å². The number of benzene rings is 1. The fourth-order valence-electron chi connectivity index (χ4n) is 2.83. The highest BCUT2D eigenvalue weighted by molar-refractivity contribution is 7.98. The summed E-state index contributed by atoms with van der Waals surface area (Å²) in [6.45, 7) is 2.63. The van der Waals surface area contributed by atoms with Crippen LogP contribution in [0.4, 0.5) is 0 Å². The lowest BCUT2D eigenvalue weighted by Crippen LogP contribution is -2.23. The highest BCUT2D eigenvalue weighted by atomic mass is 32.2. The maximum atomic E-state index is 12.7. The third-order valence-electron chi connectivity index (χ3n) is 4.30. The predicted molar refractivity (Wildman–Crippen MR) is 111 cm³/mol. The van der Waals surface area contributed by atoms with Crippen LogP contribution in [0.3, 0.4) is 0 Å². The molecule has 27 heavy (non-hydrogen) atoms. The van der Waals surface area contributed by atoms with Gasteiger partial charge >= 0.3 is 0 Å². The first kappa shape index (κ1) is 17.8. The molecule has 0 unspecified atom stereocenters. The molecular weight excluding hydrogens is 374 g/mol. The van der Waals surface area contributed by atoms with Crippen LogP contribution in [0, 0.1) is 6.92 Å². The maximum Gasteiger partial charge on any atom is 0.252 e. The van der Waals surface area contributed by atoms with Crippen molar-refractivity contribution >= 4 is 34.7 Å². The minimum absolute atomic E-state index is 0.0408. The van der Waals surface area contributed by atoms with Gasteiger partial charge in [0.2, 0.25) is 0 Å². The summed E-state index contributed by atoms with van der Waals surface area (Å²) in [7, 11) is 0. The van der Waals surface area contributed by atoms with Gasteiger partial charge in [-0.3, -0.25) is 4.79 Å². The summed E-state index contributed by atoms with van der Waals surface area (Å²) in [5, 5.41) is 5.09. The second-order valence-electron chi connectivity index (χ2n) is 6.19. The molecule has 0 saturated heterocycles. The van der Waals surface area contributed by atoms with E-state index in [1.165, 1.54) is 10.4 Å². The molecule has 4 nitrogen and oxygen atoms in total.